The minimum atomic E-state index is -0.111. The molecule has 0 radical (unpaired) electrons. The van der Waals surface area contributed by atoms with Crippen molar-refractivity contribution in [2.75, 3.05) is 0 Å². The quantitative estimate of drug-likeness (QED) is 0.760. The monoisotopic (exact) mass is 359 g/mol. The third kappa shape index (κ3) is 3.65. The minimum Gasteiger partial charge on any atom is -0.467 e. The number of carbonyl (C=O) groups is 1. The number of hydrogen-bond acceptors (Lipinski definition) is 3. The Kier molecular flexibility index (Phi) is 4.39. The molecule has 2 aromatic heterocycles. The van der Waals surface area contributed by atoms with Crippen LogP contribution in [0.15, 0.2) is 63.9 Å². The van der Waals surface area contributed by atoms with Crippen LogP contribution in [-0.2, 0) is 17.9 Å². The Morgan fingerprint density at radius 3 is 2.95 bits per heavy atom. The summed E-state index contributed by atoms with van der Waals surface area (Å²) in [6.07, 6.45) is 5.19. The molecule has 0 fully saturated rings. The lowest BCUT2D eigenvalue weighted by Gasteiger charge is -2.03. The number of furan rings is 1. The van der Waals surface area contributed by atoms with Crippen LogP contribution in [0.1, 0.15) is 5.76 Å². The second-order valence-corrected chi connectivity index (χ2v) is 5.71. The summed E-state index contributed by atoms with van der Waals surface area (Å²) < 4.78 is 7.79. The molecule has 3 rings (SSSR count). The summed E-state index contributed by atoms with van der Waals surface area (Å²) in [5.41, 5.74) is 2.02. The fraction of sp³-hybridized carbons (Fsp3) is 0.125. The molecule has 5 nitrogen and oxygen atoms in total. The van der Waals surface area contributed by atoms with Gasteiger partial charge < -0.3 is 9.73 Å². The van der Waals surface area contributed by atoms with Gasteiger partial charge in [-0.25, -0.2) is 0 Å². The first-order valence-corrected chi connectivity index (χ1v) is 7.57. The predicted octanol–water partition coefficient (Wildman–Crippen LogP) is 3.22. The summed E-state index contributed by atoms with van der Waals surface area (Å²) in [7, 11) is 0. The highest BCUT2D eigenvalue weighted by Gasteiger charge is 2.07. The number of benzene rings is 1. The molecule has 0 saturated heterocycles. The number of nitrogens with zero attached hydrogens (tertiary/aromatic N) is 2. The summed E-state index contributed by atoms with van der Waals surface area (Å²) in [6.45, 7) is 0.556. The van der Waals surface area contributed by atoms with E-state index in [0.717, 1.165) is 21.4 Å². The molecule has 6 heteroatoms. The van der Waals surface area contributed by atoms with E-state index >= 15 is 0 Å². The average Bonchev–Trinajstić information content (AvgIpc) is 3.16. The summed E-state index contributed by atoms with van der Waals surface area (Å²) >= 11 is 3.45. The van der Waals surface area contributed by atoms with Crippen molar-refractivity contribution in [3.05, 3.63) is 65.3 Å². The van der Waals surface area contributed by atoms with Gasteiger partial charge in [0.2, 0.25) is 5.91 Å². The molecule has 3 aromatic rings. The van der Waals surface area contributed by atoms with Crippen molar-refractivity contribution in [1.82, 2.24) is 15.1 Å². The molecular formula is C16H14BrN3O2. The lowest BCUT2D eigenvalue weighted by Crippen LogP contribution is -2.27. The van der Waals surface area contributed by atoms with Crippen LogP contribution >= 0.6 is 15.9 Å². The van der Waals surface area contributed by atoms with Crippen LogP contribution in [0.3, 0.4) is 0 Å². The van der Waals surface area contributed by atoms with Gasteiger partial charge in [0.1, 0.15) is 12.3 Å². The van der Waals surface area contributed by atoms with E-state index in [1.807, 2.05) is 36.5 Å². The fourth-order valence-corrected chi connectivity index (χ4v) is 2.47. The van der Waals surface area contributed by atoms with Gasteiger partial charge in [0.05, 0.1) is 19.0 Å². The van der Waals surface area contributed by atoms with Crippen molar-refractivity contribution in [2.24, 2.45) is 0 Å². The first-order valence-electron chi connectivity index (χ1n) is 6.78. The molecule has 0 saturated carbocycles. The molecule has 1 aromatic carbocycles. The third-order valence-electron chi connectivity index (χ3n) is 3.14. The van der Waals surface area contributed by atoms with E-state index in [0.29, 0.717) is 6.54 Å². The van der Waals surface area contributed by atoms with Crippen LogP contribution in [0.25, 0.3) is 11.1 Å². The highest BCUT2D eigenvalue weighted by molar-refractivity contribution is 9.10. The first-order chi connectivity index (χ1) is 10.7. The molecule has 112 valence electrons. The van der Waals surface area contributed by atoms with Gasteiger partial charge in [0.15, 0.2) is 0 Å². The number of rotatable bonds is 5. The molecule has 22 heavy (non-hydrogen) atoms. The highest BCUT2D eigenvalue weighted by atomic mass is 79.9. The van der Waals surface area contributed by atoms with Gasteiger partial charge in [-0.1, -0.05) is 28.1 Å². The second kappa shape index (κ2) is 6.62. The van der Waals surface area contributed by atoms with Gasteiger partial charge >= 0.3 is 0 Å². The van der Waals surface area contributed by atoms with E-state index in [9.17, 15) is 4.79 Å². The maximum atomic E-state index is 11.9. The van der Waals surface area contributed by atoms with Crippen LogP contribution in [0.5, 0.6) is 0 Å². The lowest BCUT2D eigenvalue weighted by atomic mass is 10.1. The third-order valence-corrected chi connectivity index (χ3v) is 3.63. The van der Waals surface area contributed by atoms with Crippen LogP contribution in [0.4, 0.5) is 0 Å². The Morgan fingerprint density at radius 2 is 2.18 bits per heavy atom. The normalized spacial score (nSPS) is 10.6. The smallest absolute Gasteiger partial charge is 0.242 e. The number of nitrogens with one attached hydrogen (secondary N) is 1. The Hall–Kier alpha value is -2.34. The molecule has 0 spiro atoms. The zero-order valence-electron chi connectivity index (χ0n) is 11.7. The summed E-state index contributed by atoms with van der Waals surface area (Å²) in [6, 6.07) is 11.6. The van der Waals surface area contributed by atoms with E-state index in [1.54, 1.807) is 23.2 Å². The van der Waals surface area contributed by atoms with Gasteiger partial charge in [0.25, 0.3) is 0 Å². The zero-order valence-corrected chi connectivity index (χ0v) is 13.3. The summed E-state index contributed by atoms with van der Waals surface area (Å²) in [4.78, 5) is 11.9. The summed E-state index contributed by atoms with van der Waals surface area (Å²) in [5.74, 6) is 0.615. The molecule has 0 bridgehead atoms. The molecule has 0 aliphatic rings. The maximum Gasteiger partial charge on any atom is 0.242 e. The van der Waals surface area contributed by atoms with Crippen molar-refractivity contribution < 1.29 is 9.21 Å². The van der Waals surface area contributed by atoms with E-state index in [4.69, 9.17) is 4.42 Å². The van der Waals surface area contributed by atoms with Gasteiger partial charge in [0, 0.05) is 16.2 Å². The van der Waals surface area contributed by atoms with Gasteiger partial charge in [-0.05, 0) is 29.8 Å². The Balaban J connectivity index is 1.60. The molecule has 1 amide bonds. The van der Waals surface area contributed by atoms with Crippen molar-refractivity contribution >= 4 is 21.8 Å². The number of aromatic nitrogens is 2. The van der Waals surface area contributed by atoms with Crippen LogP contribution < -0.4 is 5.32 Å². The molecule has 2 heterocycles. The zero-order chi connectivity index (χ0) is 15.4. The average molecular weight is 360 g/mol. The van der Waals surface area contributed by atoms with E-state index in [-0.39, 0.29) is 12.5 Å². The van der Waals surface area contributed by atoms with Crippen molar-refractivity contribution in [2.45, 2.75) is 13.1 Å². The number of hydrogen-bond donors (Lipinski definition) is 1. The molecule has 0 aliphatic carbocycles. The van der Waals surface area contributed by atoms with E-state index in [2.05, 4.69) is 26.3 Å². The van der Waals surface area contributed by atoms with E-state index < -0.39 is 0 Å². The first kappa shape index (κ1) is 14.6. The van der Waals surface area contributed by atoms with Crippen molar-refractivity contribution in [1.29, 1.82) is 0 Å². The van der Waals surface area contributed by atoms with Gasteiger partial charge in [-0.15, -0.1) is 0 Å². The van der Waals surface area contributed by atoms with Gasteiger partial charge in [-0.2, -0.15) is 5.10 Å². The number of amides is 1. The van der Waals surface area contributed by atoms with Crippen LogP contribution in [0, 0.1) is 0 Å². The highest BCUT2D eigenvalue weighted by Crippen LogP contribution is 2.22. The minimum absolute atomic E-state index is 0.111. The predicted molar refractivity (Wildman–Crippen MR) is 85.9 cm³/mol. The van der Waals surface area contributed by atoms with Crippen LogP contribution in [0.2, 0.25) is 0 Å². The van der Waals surface area contributed by atoms with Crippen LogP contribution in [-0.4, -0.2) is 15.7 Å². The second-order valence-electron chi connectivity index (χ2n) is 4.79. The molecular weight excluding hydrogens is 346 g/mol. The topological polar surface area (TPSA) is 60.1 Å². The van der Waals surface area contributed by atoms with E-state index in [1.165, 1.54) is 0 Å². The Labute approximate surface area is 136 Å². The SMILES string of the molecule is O=C(Cn1cc(-c2cccc(Br)c2)cn1)NCc1ccco1. The molecule has 1 N–H and O–H groups in total. The Morgan fingerprint density at radius 1 is 1.27 bits per heavy atom. The summed E-state index contributed by atoms with van der Waals surface area (Å²) in [5, 5.41) is 7.01. The molecule has 0 unspecified atom stereocenters. The lowest BCUT2D eigenvalue weighted by molar-refractivity contribution is -0.122. The Bertz CT molecular complexity index is 765. The van der Waals surface area contributed by atoms with Crippen molar-refractivity contribution in [3.8, 4) is 11.1 Å². The molecule has 0 atom stereocenters. The maximum absolute atomic E-state index is 11.9. The number of carbonyl (C=O) groups excluding carboxylic acids is 1. The fourth-order valence-electron chi connectivity index (χ4n) is 2.07. The van der Waals surface area contributed by atoms with Crippen molar-refractivity contribution in [3.63, 3.8) is 0 Å². The molecule has 0 aliphatic heterocycles. The standard InChI is InChI=1S/C16H14BrN3O2/c17-14-4-1-3-12(7-14)13-8-19-20(10-13)11-16(21)18-9-15-5-2-6-22-15/h1-8,10H,9,11H2,(H,18,21). The largest absolute Gasteiger partial charge is 0.467 e. The number of halogens is 1. The van der Waals surface area contributed by atoms with Gasteiger partial charge in [-0.3, -0.25) is 9.48 Å².